The molecule has 1 aromatic carbocycles. The predicted octanol–water partition coefficient (Wildman–Crippen LogP) is 2.66. The second-order valence-corrected chi connectivity index (χ2v) is 4.37. The molecule has 0 aromatic heterocycles. The zero-order valence-electron chi connectivity index (χ0n) is 11.9. The number of hydrogen-bond acceptors (Lipinski definition) is 5. The molecule has 0 saturated carbocycles. The lowest BCUT2D eigenvalue weighted by atomic mass is 10.0. The molecule has 1 rings (SSSR count). The van der Waals surface area contributed by atoms with Crippen LogP contribution in [0.1, 0.15) is 25.3 Å². The van der Waals surface area contributed by atoms with Gasteiger partial charge in [-0.15, -0.1) is 5.16 Å². The summed E-state index contributed by atoms with van der Waals surface area (Å²) < 4.78 is 10.1. The average molecular weight is 279 g/mol. The van der Waals surface area contributed by atoms with Gasteiger partial charge >= 0.3 is 5.97 Å². The van der Waals surface area contributed by atoms with Gasteiger partial charge in [0.15, 0.2) is 0 Å². The van der Waals surface area contributed by atoms with Crippen LogP contribution in [-0.2, 0) is 16.0 Å². The molecule has 1 N–H and O–H groups in total. The molecule has 0 heterocycles. The van der Waals surface area contributed by atoms with Crippen molar-refractivity contribution in [3.8, 4) is 5.75 Å². The third-order valence-corrected chi connectivity index (χ3v) is 2.95. The molecule has 110 valence electrons. The fraction of sp³-hybridized carbons (Fsp3) is 0.467. The molecule has 1 atom stereocenters. The Morgan fingerprint density at radius 3 is 2.95 bits per heavy atom. The van der Waals surface area contributed by atoms with Gasteiger partial charge in [-0.2, -0.15) is 0 Å². The Bertz CT molecular complexity index is 445. The van der Waals surface area contributed by atoms with Crippen LogP contribution in [0, 0.1) is 5.92 Å². The summed E-state index contributed by atoms with van der Waals surface area (Å²) in [5.41, 5.74) is 1.15. The zero-order valence-corrected chi connectivity index (χ0v) is 11.9. The van der Waals surface area contributed by atoms with Crippen molar-refractivity contribution in [3.05, 3.63) is 29.8 Å². The summed E-state index contributed by atoms with van der Waals surface area (Å²) in [6, 6.07) is 7.82. The van der Waals surface area contributed by atoms with Crippen molar-refractivity contribution in [2.24, 2.45) is 11.1 Å². The van der Waals surface area contributed by atoms with Crippen LogP contribution in [0.2, 0.25) is 0 Å². The first kappa shape index (κ1) is 16.0. The summed E-state index contributed by atoms with van der Waals surface area (Å²) in [5, 5.41) is 11.5. The quantitative estimate of drug-likeness (QED) is 0.344. The van der Waals surface area contributed by atoms with Gasteiger partial charge in [-0.1, -0.05) is 12.1 Å². The topological polar surface area (TPSA) is 68.1 Å². The van der Waals surface area contributed by atoms with Gasteiger partial charge in [-0.05, 0) is 43.9 Å². The monoisotopic (exact) mass is 279 g/mol. The number of aryl methyl sites for hydroxylation is 1. The molecule has 0 bridgehead atoms. The van der Waals surface area contributed by atoms with Crippen molar-refractivity contribution in [2.75, 3.05) is 13.7 Å². The number of benzene rings is 1. The summed E-state index contributed by atoms with van der Waals surface area (Å²) in [5.74, 6) is -0.0251. The largest absolute Gasteiger partial charge is 0.497 e. The molecule has 1 unspecified atom stereocenters. The fourth-order valence-corrected chi connectivity index (χ4v) is 1.94. The van der Waals surface area contributed by atoms with Gasteiger partial charge in [0.05, 0.1) is 25.8 Å². The van der Waals surface area contributed by atoms with Crippen LogP contribution in [0.4, 0.5) is 0 Å². The summed E-state index contributed by atoms with van der Waals surface area (Å²) in [7, 11) is 1.63. The Morgan fingerprint density at radius 2 is 2.30 bits per heavy atom. The van der Waals surface area contributed by atoms with E-state index in [-0.39, 0.29) is 5.97 Å². The summed E-state index contributed by atoms with van der Waals surface area (Å²) in [4.78, 5) is 11.6. The van der Waals surface area contributed by atoms with Gasteiger partial charge in [0.2, 0.25) is 0 Å². The molecule has 5 heteroatoms. The summed E-state index contributed by atoms with van der Waals surface area (Å²) >= 11 is 0. The highest BCUT2D eigenvalue weighted by Crippen LogP contribution is 2.16. The molecule has 0 aliphatic heterocycles. The molecular formula is C15H21NO4. The maximum absolute atomic E-state index is 11.6. The number of carbonyl (C=O) groups excluding carboxylic acids is 1. The number of methoxy groups -OCH3 is 1. The molecule has 20 heavy (non-hydrogen) atoms. The number of carbonyl (C=O) groups is 1. The number of ether oxygens (including phenoxy) is 2. The predicted molar refractivity (Wildman–Crippen MR) is 76.3 cm³/mol. The lowest BCUT2D eigenvalue weighted by Gasteiger charge is -2.10. The van der Waals surface area contributed by atoms with E-state index < -0.39 is 5.92 Å². The highest BCUT2D eigenvalue weighted by Gasteiger charge is 2.17. The minimum atomic E-state index is -0.495. The van der Waals surface area contributed by atoms with Crippen LogP contribution in [0.3, 0.4) is 0 Å². The van der Waals surface area contributed by atoms with E-state index in [0.29, 0.717) is 13.0 Å². The lowest BCUT2D eigenvalue weighted by molar-refractivity contribution is -0.145. The molecular weight excluding hydrogens is 258 g/mol. The van der Waals surface area contributed by atoms with Crippen molar-refractivity contribution in [2.45, 2.75) is 26.2 Å². The van der Waals surface area contributed by atoms with Crippen LogP contribution >= 0.6 is 0 Å². The molecule has 0 spiro atoms. The molecule has 5 nitrogen and oxygen atoms in total. The third kappa shape index (κ3) is 5.30. The highest BCUT2D eigenvalue weighted by molar-refractivity contribution is 5.89. The van der Waals surface area contributed by atoms with E-state index in [1.165, 1.54) is 6.21 Å². The SMILES string of the molecule is CCOC(=O)C(/C=N\O)CCCc1cccc(OC)c1. The number of rotatable bonds is 8. The maximum atomic E-state index is 11.6. The van der Waals surface area contributed by atoms with E-state index in [4.69, 9.17) is 14.7 Å². The highest BCUT2D eigenvalue weighted by atomic mass is 16.5. The van der Waals surface area contributed by atoms with Crippen molar-refractivity contribution < 1.29 is 19.5 Å². The minimum Gasteiger partial charge on any atom is -0.497 e. The van der Waals surface area contributed by atoms with E-state index in [0.717, 1.165) is 24.2 Å². The number of esters is 1. The van der Waals surface area contributed by atoms with Gasteiger partial charge in [0.1, 0.15) is 5.75 Å². The van der Waals surface area contributed by atoms with Crippen molar-refractivity contribution in [1.29, 1.82) is 0 Å². The van der Waals surface area contributed by atoms with Crippen LogP contribution in [0.15, 0.2) is 29.4 Å². The average Bonchev–Trinajstić information content (AvgIpc) is 2.47. The zero-order chi connectivity index (χ0) is 14.8. The standard InChI is InChI=1S/C15H21NO4/c1-3-20-15(17)13(11-16-18)8-4-6-12-7-5-9-14(10-12)19-2/h5,7,9-11,13,18H,3-4,6,8H2,1-2H3/b16-11-. The molecule has 0 radical (unpaired) electrons. The molecule has 0 fully saturated rings. The van der Waals surface area contributed by atoms with Crippen LogP contribution in [0.5, 0.6) is 5.75 Å². The maximum Gasteiger partial charge on any atom is 0.314 e. The number of oxime groups is 1. The molecule has 0 aliphatic carbocycles. The Labute approximate surface area is 119 Å². The van der Waals surface area contributed by atoms with Gasteiger partial charge in [0.25, 0.3) is 0 Å². The van der Waals surface area contributed by atoms with Gasteiger partial charge in [-0.25, -0.2) is 0 Å². The molecule has 0 aliphatic rings. The number of hydrogen-bond donors (Lipinski definition) is 1. The van der Waals surface area contributed by atoms with E-state index >= 15 is 0 Å². The van der Waals surface area contributed by atoms with Crippen LogP contribution < -0.4 is 4.74 Å². The Kier molecular flexibility index (Phi) is 7.17. The van der Waals surface area contributed by atoms with E-state index in [9.17, 15) is 4.79 Å². The minimum absolute atomic E-state index is 0.324. The fourth-order valence-electron chi connectivity index (χ4n) is 1.94. The second kappa shape index (κ2) is 8.96. The first-order valence-corrected chi connectivity index (χ1v) is 6.68. The molecule has 1 aromatic rings. The Hall–Kier alpha value is -2.04. The lowest BCUT2D eigenvalue weighted by Crippen LogP contribution is -2.19. The Balaban J connectivity index is 2.49. The number of nitrogens with zero attached hydrogens (tertiary/aromatic N) is 1. The van der Waals surface area contributed by atoms with Gasteiger partial charge < -0.3 is 14.7 Å². The van der Waals surface area contributed by atoms with Crippen molar-refractivity contribution in [3.63, 3.8) is 0 Å². The normalized spacial score (nSPS) is 12.3. The summed E-state index contributed by atoms with van der Waals surface area (Å²) in [6.45, 7) is 2.08. The van der Waals surface area contributed by atoms with E-state index in [1.54, 1.807) is 14.0 Å². The first-order chi connectivity index (χ1) is 9.71. The second-order valence-electron chi connectivity index (χ2n) is 4.37. The van der Waals surface area contributed by atoms with Gasteiger partial charge in [0, 0.05) is 0 Å². The van der Waals surface area contributed by atoms with Crippen molar-refractivity contribution >= 4 is 12.2 Å². The van der Waals surface area contributed by atoms with Crippen LogP contribution in [0.25, 0.3) is 0 Å². The smallest absolute Gasteiger partial charge is 0.314 e. The van der Waals surface area contributed by atoms with Crippen LogP contribution in [-0.4, -0.2) is 31.1 Å². The Morgan fingerprint density at radius 1 is 1.50 bits per heavy atom. The molecule has 0 saturated heterocycles. The summed E-state index contributed by atoms with van der Waals surface area (Å²) in [6.07, 6.45) is 3.43. The van der Waals surface area contributed by atoms with Crippen molar-refractivity contribution in [1.82, 2.24) is 0 Å². The van der Waals surface area contributed by atoms with Gasteiger partial charge in [-0.3, -0.25) is 4.79 Å². The molecule has 0 amide bonds. The van der Waals surface area contributed by atoms with E-state index in [1.807, 2.05) is 24.3 Å². The first-order valence-electron chi connectivity index (χ1n) is 6.68. The third-order valence-electron chi connectivity index (χ3n) is 2.95. The van der Waals surface area contributed by atoms with E-state index in [2.05, 4.69) is 5.16 Å².